The molecule has 0 bridgehead atoms. The monoisotopic (exact) mass is 395 g/mol. The summed E-state index contributed by atoms with van der Waals surface area (Å²) < 4.78 is 5.26. The number of benzene rings is 2. The molecule has 2 aromatic rings. The van der Waals surface area contributed by atoms with Crippen LogP contribution in [-0.4, -0.2) is 36.4 Å². The first-order valence-electron chi connectivity index (χ1n) is 9.55. The highest BCUT2D eigenvalue weighted by Crippen LogP contribution is 2.33. The van der Waals surface area contributed by atoms with E-state index in [2.05, 4.69) is 10.6 Å². The molecule has 0 aromatic heterocycles. The van der Waals surface area contributed by atoms with E-state index in [-0.39, 0.29) is 6.54 Å². The van der Waals surface area contributed by atoms with Gasteiger partial charge in [-0.1, -0.05) is 49.7 Å². The number of aryl methyl sites for hydroxylation is 1. The fourth-order valence-electron chi connectivity index (χ4n) is 3.63. The van der Waals surface area contributed by atoms with E-state index in [0.717, 1.165) is 10.5 Å². The Labute approximate surface area is 170 Å². The van der Waals surface area contributed by atoms with E-state index in [4.69, 9.17) is 4.74 Å². The Hall–Kier alpha value is -3.35. The summed E-state index contributed by atoms with van der Waals surface area (Å²) in [6, 6.07) is 13.9. The molecule has 29 heavy (non-hydrogen) atoms. The third-order valence-electron chi connectivity index (χ3n) is 5.00. The SMILES string of the molecule is CCCC1(c2ccccc2)NC(=O)N(CC(=O)Nc2cc(C)ccc2OC)C1=O. The van der Waals surface area contributed by atoms with Gasteiger partial charge in [0.15, 0.2) is 0 Å². The summed E-state index contributed by atoms with van der Waals surface area (Å²) in [6.07, 6.45) is 1.15. The third kappa shape index (κ3) is 3.94. The van der Waals surface area contributed by atoms with Gasteiger partial charge in [-0.2, -0.15) is 0 Å². The number of carbonyl (C=O) groups excluding carboxylic acids is 3. The van der Waals surface area contributed by atoms with E-state index in [1.165, 1.54) is 7.11 Å². The lowest BCUT2D eigenvalue weighted by Crippen LogP contribution is -2.44. The number of ether oxygens (including phenoxy) is 1. The molecule has 3 rings (SSSR count). The van der Waals surface area contributed by atoms with Crippen LogP contribution < -0.4 is 15.4 Å². The molecule has 7 heteroatoms. The number of urea groups is 1. The second kappa shape index (κ2) is 8.34. The zero-order chi connectivity index (χ0) is 21.0. The van der Waals surface area contributed by atoms with E-state index in [1.807, 2.05) is 50.2 Å². The van der Waals surface area contributed by atoms with Crippen LogP contribution in [0.4, 0.5) is 10.5 Å². The molecule has 0 spiro atoms. The van der Waals surface area contributed by atoms with Gasteiger partial charge in [0.1, 0.15) is 17.8 Å². The smallest absolute Gasteiger partial charge is 0.325 e. The lowest BCUT2D eigenvalue weighted by molar-refractivity contribution is -0.134. The van der Waals surface area contributed by atoms with Crippen molar-refractivity contribution >= 4 is 23.5 Å². The zero-order valence-electron chi connectivity index (χ0n) is 16.8. The fourth-order valence-corrected chi connectivity index (χ4v) is 3.63. The van der Waals surface area contributed by atoms with Crippen LogP contribution in [0.1, 0.15) is 30.9 Å². The summed E-state index contributed by atoms with van der Waals surface area (Å²) in [5.74, 6) is -0.384. The summed E-state index contributed by atoms with van der Waals surface area (Å²) in [5, 5.41) is 5.55. The summed E-state index contributed by atoms with van der Waals surface area (Å²) in [7, 11) is 1.51. The van der Waals surface area contributed by atoms with Crippen LogP contribution in [0.2, 0.25) is 0 Å². The topological polar surface area (TPSA) is 87.7 Å². The van der Waals surface area contributed by atoms with E-state index < -0.39 is 23.4 Å². The van der Waals surface area contributed by atoms with Crippen molar-refractivity contribution in [1.29, 1.82) is 0 Å². The molecule has 152 valence electrons. The number of rotatable bonds is 7. The van der Waals surface area contributed by atoms with Crippen LogP contribution in [0.3, 0.4) is 0 Å². The fraction of sp³-hybridized carbons (Fsp3) is 0.318. The number of anilines is 1. The molecule has 4 amide bonds. The van der Waals surface area contributed by atoms with Crippen molar-refractivity contribution in [2.45, 2.75) is 32.2 Å². The maximum atomic E-state index is 13.2. The van der Waals surface area contributed by atoms with Gasteiger partial charge in [0.2, 0.25) is 5.91 Å². The Kier molecular flexibility index (Phi) is 5.87. The van der Waals surface area contributed by atoms with Crippen LogP contribution in [0.5, 0.6) is 5.75 Å². The molecule has 0 saturated carbocycles. The Morgan fingerprint density at radius 2 is 1.90 bits per heavy atom. The predicted molar refractivity (Wildman–Crippen MR) is 110 cm³/mol. The molecule has 1 saturated heterocycles. The van der Waals surface area contributed by atoms with Crippen molar-refractivity contribution in [1.82, 2.24) is 10.2 Å². The quantitative estimate of drug-likeness (QED) is 0.705. The van der Waals surface area contributed by atoms with Crippen LogP contribution in [0.15, 0.2) is 48.5 Å². The molecule has 1 aliphatic rings. The highest BCUT2D eigenvalue weighted by atomic mass is 16.5. The first-order valence-corrected chi connectivity index (χ1v) is 9.55. The number of nitrogens with one attached hydrogen (secondary N) is 2. The van der Waals surface area contributed by atoms with Gasteiger partial charge in [-0.15, -0.1) is 0 Å². The highest BCUT2D eigenvalue weighted by molar-refractivity contribution is 6.10. The van der Waals surface area contributed by atoms with Crippen LogP contribution >= 0.6 is 0 Å². The molecular formula is C22H25N3O4. The van der Waals surface area contributed by atoms with E-state index in [9.17, 15) is 14.4 Å². The number of hydrogen-bond acceptors (Lipinski definition) is 4. The maximum Gasteiger partial charge on any atom is 0.325 e. The second-order valence-electron chi connectivity index (χ2n) is 7.09. The van der Waals surface area contributed by atoms with Gasteiger partial charge < -0.3 is 15.4 Å². The number of carbonyl (C=O) groups is 3. The molecule has 0 aliphatic carbocycles. The van der Waals surface area contributed by atoms with E-state index in [0.29, 0.717) is 29.8 Å². The lowest BCUT2D eigenvalue weighted by Gasteiger charge is -2.26. The number of amides is 4. The van der Waals surface area contributed by atoms with Gasteiger partial charge in [0, 0.05) is 0 Å². The molecular weight excluding hydrogens is 370 g/mol. The minimum Gasteiger partial charge on any atom is -0.495 e. The third-order valence-corrected chi connectivity index (χ3v) is 5.00. The Bertz CT molecular complexity index is 929. The zero-order valence-corrected chi connectivity index (χ0v) is 16.8. The molecule has 1 fully saturated rings. The number of imide groups is 1. The predicted octanol–water partition coefficient (Wildman–Crippen LogP) is 3.19. The Balaban J connectivity index is 1.81. The van der Waals surface area contributed by atoms with Gasteiger partial charge >= 0.3 is 6.03 Å². The van der Waals surface area contributed by atoms with Crippen molar-refractivity contribution in [3.05, 3.63) is 59.7 Å². The van der Waals surface area contributed by atoms with Crippen molar-refractivity contribution < 1.29 is 19.1 Å². The van der Waals surface area contributed by atoms with Crippen molar-refractivity contribution in [3.8, 4) is 5.75 Å². The normalized spacial score (nSPS) is 18.5. The molecule has 1 heterocycles. The van der Waals surface area contributed by atoms with Gasteiger partial charge in [-0.3, -0.25) is 14.5 Å². The number of hydrogen-bond donors (Lipinski definition) is 2. The van der Waals surface area contributed by atoms with Gasteiger partial charge in [0.25, 0.3) is 5.91 Å². The average Bonchev–Trinajstić information content (AvgIpc) is 2.94. The largest absolute Gasteiger partial charge is 0.495 e. The van der Waals surface area contributed by atoms with Crippen LogP contribution in [-0.2, 0) is 15.1 Å². The standard InChI is InChI=1S/C22H25N3O4/c1-4-12-22(16-8-6-5-7-9-16)20(27)25(21(28)24-22)14-19(26)23-17-13-15(2)10-11-18(17)29-3/h5-11,13H,4,12,14H2,1-3H3,(H,23,26)(H,24,28). The molecule has 1 unspecified atom stereocenters. The summed E-state index contributed by atoms with van der Waals surface area (Å²) in [4.78, 5) is 39.4. The van der Waals surface area contributed by atoms with Gasteiger partial charge in [0.05, 0.1) is 12.8 Å². The van der Waals surface area contributed by atoms with Crippen LogP contribution in [0.25, 0.3) is 0 Å². The summed E-state index contributed by atoms with van der Waals surface area (Å²) in [6.45, 7) is 3.47. The minimum absolute atomic E-state index is 0.375. The molecule has 1 atom stereocenters. The average molecular weight is 395 g/mol. The number of nitrogens with zero attached hydrogens (tertiary/aromatic N) is 1. The molecule has 2 aromatic carbocycles. The van der Waals surface area contributed by atoms with E-state index in [1.54, 1.807) is 12.1 Å². The molecule has 2 N–H and O–H groups in total. The van der Waals surface area contributed by atoms with E-state index >= 15 is 0 Å². The van der Waals surface area contributed by atoms with Crippen molar-refractivity contribution in [3.63, 3.8) is 0 Å². The summed E-state index contributed by atoms with van der Waals surface area (Å²) in [5.41, 5.74) is 1.01. The first kappa shape index (κ1) is 20.4. The number of methoxy groups -OCH3 is 1. The summed E-state index contributed by atoms with van der Waals surface area (Å²) >= 11 is 0. The van der Waals surface area contributed by atoms with Crippen molar-refractivity contribution in [2.24, 2.45) is 0 Å². The maximum absolute atomic E-state index is 13.2. The molecule has 1 aliphatic heterocycles. The lowest BCUT2D eigenvalue weighted by atomic mass is 9.85. The minimum atomic E-state index is -1.14. The Morgan fingerprint density at radius 3 is 2.55 bits per heavy atom. The molecule has 0 radical (unpaired) electrons. The van der Waals surface area contributed by atoms with Crippen molar-refractivity contribution in [2.75, 3.05) is 19.0 Å². The van der Waals surface area contributed by atoms with Crippen LogP contribution in [0, 0.1) is 6.92 Å². The molecule has 7 nitrogen and oxygen atoms in total. The van der Waals surface area contributed by atoms with Gasteiger partial charge in [-0.05, 0) is 36.6 Å². The Morgan fingerprint density at radius 1 is 1.17 bits per heavy atom. The second-order valence-corrected chi connectivity index (χ2v) is 7.09. The first-order chi connectivity index (χ1) is 13.9. The van der Waals surface area contributed by atoms with Gasteiger partial charge in [-0.25, -0.2) is 4.79 Å². The highest BCUT2D eigenvalue weighted by Gasteiger charge is 2.52.